The van der Waals surface area contributed by atoms with Crippen molar-refractivity contribution in [2.45, 2.75) is 13.3 Å². The molecule has 29 heavy (non-hydrogen) atoms. The lowest BCUT2D eigenvalue weighted by Crippen LogP contribution is -2.25. The largest absolute Gasteiger partial charge is 0.352 e. The van der Waals surface area contributed by atoms with Gasteiger partial charge in [-0.05, 0) is 30.3 Å². The minimum atomic E-state index is -0.278. The van der Waals surface area contributed by atoms with Crippen molar-refractivity contribution in [2.24, 2.45) is 0 Å². The number of hydrogen-bond donors (Lipinski definition) is 1. The number of aromatic nitrogens is 4. The summed E-state index contributed by atoms with van der Waals surface area (Å²) < 4.78 is 18.0. The summed E-state index contributed by atoms with van der Waals surface area (Å²) in [6, 6.07) is 7.88. The number of amides is 1. The standard InChI is InChI=1S/C20H16FN5O2S/c1-12-24-19(26-28-12)14-8-15(10-22-9-14)20(27)23-7-6-18-25-17(11-29-18)13-2-4-16(21)5-3-13/h2-5,8-11H,6-7H2,1H3,(H,23,27). The van der Waals surface area contributed by atoms with Crippen molar-refractivity contribution >= 4 is 17.2 Å². The third kappa shape index (κ3) is 4.52. The van der Waals surface area contributed by atoms with Crippen molar-refractivity contribution in [1.29, 1.82) is 0 Å². The molecule has 146 valence electrons. The maximum atomic E-state index is 13.0. The zero-order valence-corrected chi connectivity index (χ0v) is 16.2. The Morgan fingerprint density at radius 1 is 1.17 bits per heavy atom. The summed E-state index contributed by atoms with van der Waals surface area (Å²) in [5, 5.41) is 9.51. The first kappa shape index (κ1) is 18.9. The normalized spacial score (nSPS) is 10.8. The van der Waals surface area contributed by atoms with Crippen LogP contribution in [0.3, 0.4) is 0 Å². The summed E-state index contributed by atoms with van der Waals surface area (Å²) >= 11 is 1.50. The highest BCUT2D eigenvalue weighted by Crippen LogP contribution is 2.22. The van der Waals surface area contributed by atoms with E-state index in [-0.39, 0.29) is 11.7 Å². The highest BCUT2D eigenvalue weighted by molar-refractivity contribution is 7.09. The van der Waals surface area contributed by atoms with Crippen LogP contribution in [0.4, 0.5) is 4.39 Å². The number of aryl methyl sites for hydroxylation is 1. The maximum absolute atomic E-state index is 13.0. The van der Waals surface area contributed by atoms with Gasteiger partial charge in [0, 0.05) is 48.8 Å². The Morgan fingerprint density at radius 3 is 2.76 bits per heavy atom. The van der Waals surface area contributed by atoms with Crippen molar-refractivity contribution in [2.75, 3.05) is 6.54 Å². The van der Waals surface area contributed by atoms with Gasteiger partial charge in [-0.25, -0.2) is 9.37 Å². The van der Waals surface area contributed by atoms with Crippen LogP contribution in [0.25, 0.3) is 22.6 Å². The maximum Gasteiger partial charge on any atom is 0.252 e. The number of rotatable bonds is 6. The minimum Gasteiger partial charge on any atom is -0.352 e. The molecule has 0 fully saturated rings. The number of nitrogens with zero attached hydrogens (tertiary/aromatic N) is 4. The summed E-state index contributed by atoms with van der Waals surface area (Å²) in [5.74, 6) is 0.314. The van der Waals surface area contributed by atoms with Gasteiger partial charge in [0.2, 0.25) is 11.7 Å². The molecule has 0 aliphatic heterocycles. The fourth-order valence-corrected chi connectivity index (χ4v) is 3.47. The predicted molar refractivity (Wildman–Crippen MR) is 106 cm³/mol. The Labute approximate surface area is 169 Å². The van der Waals surface area contributed by atoms with E-state index >= 15 is 0 Å². The molecule has 0 aliphatic rings. The molecule has 0 atom stereocenters. The zero-order valence-electron chi connectivity index (χ0n) is 15.4. The van der Waals surface area contributed by atoms with Crippen LogP contribution in [0.1, 0.15) is 21.3 Å². The highest BCUT2D eigenvalue weighted by Gasteiger charge is 2.12. The van der Waals surface area contributed by atoms with E-state index in [4.69, 9.17) is 4.52 Å². The van der Waals surface area contributed by atoms with E-state index in [9.17, 15) is 9.18 Å². The Morgan fingerprint density at radius 2 is 2.00 bits per heavy atom. The zero-order chi connectivity index (χ0) is 20.2. The van der Waals surface area contributed by atoms with Crippen molar-refractivity contribution < 1.29 is 13.7 Å². The van der Waals surface area contributed by atoms with Gasteiger partial charge in [-0.1, -0.05) is 5.16 Å². The van der Waals surface area contributed by atoms with E-state index in [0.29, 0.717) is 35.8 Å². The molecule has 9 heteroatoms. The molecule has 3 heterocycles. The molecule has 0 spiro atoms. The molecule has 0 bridgehead atoms. The number of hydrogen-bond acceptors (Lipinski definition) is 7. The number of carbonyl (C=O) groups excluding carboxylic acids is 1. The summed E-state index contributed by atoms with van der Waals surface area (Å²) in [6.45, 7) is 2.13. The van der Waals surface area contributed by atoms with Crippen LogP contribution in [0, 0.1) is 12.7 Å². The number of benzene rings is 1. The second kappa shape index (κ2) is 8.27. The number of nitrogens with one attached hydrogen (secondary N) is 1. The molecule has 7 nitrogen and oxygen atoms in total. The molecular weight excluding hydrogens is 393 g/mol. The molecule has 0 aliphatic carbocycles. The summed E-state index contributed by atoms with van der Waals surface area (Å²) in [4.78, 5) is 25.2. The van der Waals surface area contributed by atoms with Crippen LogP contribution in [0.5, 0.6) is 0 Å². The Balaban J connectivity index is 1.35. The van der Waals surface area contributed by atoms with Gasteiger partial charge in [-0.3, -0.25) is 9.78 Å². The second-order valence-corrected chi connectivity index (χ2v) is 7.18. The topological polar surface area (TPSA) is 93.8 Å². The van der Waals surface area contributed by atoms with E-state index in [1.165, 1.54) is 29.7 Å². The molecule has 1 amide bonds. The Bertz CT molecular complexity index is 1140. The van der Waals surface area contributed by atoms with E-state index in [0.717, 1.165) is 16.3 Å². The van der Waals surface area contributed by atoms with Gasteiger partial charge in [0.05, 0.1) is 16.3 Å². The second-order valence-electron chi connectivity index (χ2n) is 6.24. The predicted octanol–water partition coefficient (Wildman–Crippen LogP) is 3.68. The lowest BCUT2D eigenvalue weighted by atomic mass is 10.2. The number of thiazole rings is 1. The molecule has 1 aromatic carbocycles. The molecule has 1 N–H and O–H groups in total. The van der Waals surface area contributed by atoms with Crippen LogP contribution in [0.2, 0.25) is 0 Å². The van der Waals surface area contributed by atoms with Crippen LogP contribution in [-0.4, -0.2) is 32.6 Å². The average Bonchev–Trinajstić information content (AvgIpc) is 3.38. The van der Waals surface area contributed by atoms with Gasteiger partial charge in [0.1, 0.15) is 5.82 Å². The smallest absolute Gasteiger partial charge is 0.252 e. The third-order valence-corrected chi connectivity index (χ3v) is 5.01. The highest BCUT2D eigenvalue weighted by atomic mass is 32.1. The lowest BCUT2D eigenvalue weighted by Gasteiger charge is -2.04. The first-order valence-corrected chi connectivity index (χ1v) is 9.71. The van der Waals surface area contributed by atoms with Crippen LogP contribution < -0.4 is 5.32 Å². The van der Waals surface area contributed by atoms with E-state index in [1.807, 2.05) is 5.38 Å². The van der Waals surface area contributed by atoms with Gasteiger partial charge in [-0.2, -0.15) is 4.98 Å². The minimum absolute atomic E-state index is 0.241. The molecule has 4 aromatic rings. The molecule has 0 saturated heterocycles. The van der Waals surface area contributed by atoms with Gasteiger partial charge in [-0.15, -0.1) is 11.3 Å². The van der Waals surface area contributed by atoms with Crippen molar-refractivity contribution in [3.8, 4) is 22.6 Å². The van der Waals surface area contributed by atoms with Gasteiger partial charge in [0.25, 0.3) is 5.91 Å². The third-order valence-electron chi connectivity index (χ3n) is 4.10. The van der Waals surface area contributed by atoms with Crippen LogP contribution in [0.15, 0.2) is 52.6 Å². The first-order chi connectivity index (χ1) is 14.1. The van der Waals surface area contributed by atoms with Gasteiger partial charge in [0.15, 0.2) is 0 Å². The van der Waals surface area contributed by atoms with Crippen LogP contribution >= 0.6 is 11.3 Å². The number of halogens is 1. The first-order valence-electron chi connectivity index (χ1n) is 8.83. The average molecular weight is 409 g/mol. The summed E-state index contributed by atoms with van der Waals surface area (Å²) in [7, 11) is 0. The monoisotopic (exact) mass is 409 g/mol. The fraction of sp³-hybridized carbons (Fsp3) is 0.150. The molecule has 0 unspecified atom stereocenters. The quantitative estimate of drug-likeness (QED) is 0.522. The number of carbonyl (C=O) groups is 1. The lowest BCUT2D eigenvalue weighted by molar-refractivity contribution is 0.0954. The Hall–Kier alpha value is -3.46. The van der Waals surface area contributed by atoms with Crippen molar-refractivity contribution in [1.82, 2.24) is 25.4 Å². The van der Waals surface area contributed by atoms with Gasteiger partial charge >= 0.3 is 0 Å². The fourth-order valence-electron chi connectivity index (χ4n) is 2.67. The molecule has 0 radical (unpaired) electrons. The molecule has 3 aromatic heterocycles. The van der Waals surface area contributed by atoms with E-state index in [1.54, 1.807) is 31.3 Å². The SMILES string of the molecule is Cc1nc(-c2cncc(C(=O)NCCc3nc(-c4ccc(F)cc4)cs3)c2)no1. The van der Waals surface area contributed by atoms with Crippen molar-refractivity contribution in [3.63, 3.8) is 0 Å². The summed E-state index contributed by atoms with van der Waals surface area (Å²) in [6.07, 6.45) is 3.66. The molecular formula is C20H16FN5O2S. The van der Waals surface area contributed by atoms with E-state index in [2.05, 4.69) is 25.4 Å². The van der Waals surface area contributed by atoms with Crippen molar-refractivity contribution in [3.05, 3.63) is 70.4 Å². The molecule has 4 rings (SSSR count). The van der Waals surface area contributed by atoms with Crippen LogP contribution in [-0.2, 0) is 6.42 Å². The van der Waals surface area contributed by atoms with Gasteiger partial charge < -0.3 is 9.84 Å². The summed E-state index contributed by atoms with van der Waals surface area (Å²) in [5.41, 5.74) is 2.68. The molecule has 0 saturated carbocycles. The number of pyridine rings is 1. The van der Waals surface area contributed by atoms with E-state index < -0.39 is 0 Å². The Kier molecular flexibility index (Phi) is 5.39.